The summed E-state index contributed by atoms with van der Waals surface area (Å²) in [5.41, 5.74) is 3.61. The molecule has 0 spiro atoms. The molecule has 1 aliphatic carbocycles. The van der Waals surface area contributed by atoms with Crippen molar-refractivity contribution in [1.29, 1.82) is 0 Å². The fourth-order valence-corrected chi connectivity index (χ4v) is 4.29. The van der Waals surface area contributed by atoms with Gasteiger partial charge in [-0.15, -0.1) is 0 Å². The first-order chi connectivity index (χ1) is 14.0. The van der Waals surface area contributed by atoms with E-state index in [4.69, 9.17) is 0 Å². The normalized spacial score (nSPS) is 19.0. The van der Waals surface area contributed by atoms with Crippen LogP contribution in [0.25, 0.3) is 0 Å². The third-order valence-corrected chi connectivity index (χ3v) is 5.87. The number of Topliss-reactive ketones (excluding diaryl/α,β-unsaturated/α-hetero) is 1. The molecule has 4 nitrogen and oxygen atoms in total. The topological polar surface area (TPSA) is 58.2 Å². The van der Waals surface area contributed by atoms with Crippen molar-refractivity contribution in [2.75, 3.05) is 5.32 Å². The fraction of sp³-hybridized carbons (Fsp3) is 0.217. The van der Waals surface area contributed by atoms with Gasteiger partial charge >= 0.3 is 0 Å². The van der Waals surface area contributed by atoms with E-state index in [1.54, 1.807) is 12.1 Å². The van der Waals surface area contributed by atoms with Crippen LogP contribution in [0.5, 0.6) is 0 Å². The van der Waals surface area contributed by atoms with Crippen molar-refractivity contribution in [1.82, 2.24) is 5.32 Å². The highest BCUT2D eigenvalue weighted by Crippen LogP contribution is 2.42. The predicted molar refractivity (Wildman–Crippen MR) is 114 cm³/mol. The highest BCUT2D eigenvalue weighted by molar-refractivity contribution is 9.10. The average Bonchev–Trinajstić information content (AvgIpc) is 2.69. The smallest absolute Gasteiger partial charge is 0.254 e. The van der Waals surface area contributed by atoms with Crippen molar-refractivity contribution >= 4 is 33.3 Å². The number of para-hydroxylation sites is 1. The van der Waals surface area contributed by atoms with Gasteiger partial charge in [0, 0.05) is 39.4 Å². The molecule has 2 N–H and O–H groups in total. The summed E-state index contributed by atoms with van der Waals surface area (Å²) in [6.07, 6.45) is 2.03. The molecule has 6 heteroatoms. The van der Waals surface area contributed by atoms with Crippen molar-refractivity contribution < 1.29 is 14.0 Å². The summed E-state index contributed by atoms with van der Waals surface area (Å²) in [5.74, 6) is -1.36. The summed E-state index contributed by atoms with van der Waals surface area (Å²) in [6, 6.07) is 13.7. The maximum atomic E-state index is 14.1. The summed E-state index contributed by atoms with van der Waals surface area (Å²) >= 11 is 3.43. The van der Waals surface area contributed by atoms with Crippen LogP contribution < -0.4 is 10.6 Å². The molecule has 29 heavy (non-hydrogen) atoms. The second kappa shape index (κ2) is 7.95. The predicted octanol–water partition coefficient (Wildman–Crippen LogP) is 5.19. The monoisotopic (exact) mass is 454 g/mol. The van der Waals surface area contributed by atoms with E-state index >= 15 is 0 Å². The molecular formula is C23H20BrFN2O2. The highest BCUT2D eigenvalue weighted by atomic mass is 79.9. The van der Waals surface area contributed by atoms with Crippen molar-refractivity contribution in [3.05, 3.63) is 86.9 Å². The number of benzene rings is 2. The Hall–Kier alpha value is -2.73. The molecule has 0 bridgehead atoms. The molecule has 0 fully saturated rings. The van der Waals surface area contributed by atoms with Crippen LogP contribution >= 0.6 is 15.9 Å². The quantitative estimate of drug-likeness (QED) is 0.670. The van der Waals surface area contributed by atoms with Crippen molar-refractivity contribution in [2.45, 2.75) is 32.1 Å². The molecule has 1 amide bonds. The molecule has 0 unspecified atom stereocenters. The number of carbonyl (C=O) groups is 2. The molecule has 0 saturated carbocycles. The van der Waals surface area contributed by atoms with Crippen LogP contribution in [-0.2, 0) is 9.59 Å². The first kappa shape index (κ1) is 19.6. The Balaban J connectivity index is 1.79. The van der Waals surface area contributed by atoms with E-state index < -0.39 is 17.6 Å². The minimum Gasteiger partial charge on any atom is -0.362 e. The second-order valence-corrected chi connectivity index (χ2v) is 8.17. The summed E-state index contributed by atoms with van der Waals surface area (Å²) in [6.45, 7) is 1.82. The highest BCUT2D eigenvalue weighted by Gasteiger charge is 2.38. The van der Waals surface area contributed by atoms with Gasteiger partial charge in [-0.2, -0.15) is 0 Å². The number of carbonyl (C=O) groups excluding carboxylic acids is 2. The molecule has 2 aliphatic rings. The number of nitrogens with one attached hydrogen (secondary N) is 2. The molecule has 0 saturated heterocycles. The van der Waals surface area contributed by atoms with E-state index in [-0.39, 0.29) is 11.5 Å². The number of hydrogen-bond acceptors (Lipinski definition) is 3. The minimum atomic E-state index is -0.503. The SMILES string of the molecule is CC1=C(C(=O)Nc2ccccc2F)[C@@H](c2ccc(Br)cc2)C2=C(CCCC2=O)N1. The third-order valence-electron chi connectivity index (χ3n) is 5.35. The van der Waals surface area contributed by atoms with Crippen LogP contribution in [0.4, 0.5) is 10.1 Å². The van der Waals surface area contributed by atoms with Crippen LogP contribution in [0, 0.1) is 5.82 Å². The van der Waals surface area contributed by atoms with Crippen LogP contribution in [0.3, 0.4) is 0 Å². The number of ketones is 1. The zero-order valence-corrected chi connectivity index (χ0v) is 17.5. The largest absolute Gasteiger partial charge is 0.362 e. The third kappa shape index (κ3) is 3.77. The number of amides is 1. The van der Waals surface area contributed by atoms with Gasteiger partial charge in [-0.25, -0.2) is 4.39 Å². The van der Waals surface area contributed by atoms with E-state index in [2.05, 4.69) is 26.6 Å². The minimum absolute atomic E-state index is 0.0513. The molecule has 4 rings (SSSR count). The maximum Gasteiger partial charge on any atom is 0.254 e. The lowest BCUT2D eigenvalue weighted by Crippen LogP contribution is -2.35. The Morgan fingerprint density at radius 1 is 1.14 bits per heavy atom. The van der Waals surface area contributed by atoms with Crippen LogP contribution in [0.2, 0.25) is 0 Å². The van der Waals surface area contributed by atoms with Crippen molar-refractivity contribution in [2.24, 2.45) is 0 Å². The molecule has 148 valence electrons. The first-order valence-electron chi connectivity index (χ1n) is 9.51. The average molecular weight is 455 g/mol. The van der Waals surface area contributed by atoms with Gasteiger partial charge in [-0.1, -0.05) is 40.2 Å². The standard InChI is InChI=1S/C23H20BrFN2O2/c1-13-20(23(29)27-17-6-3-2-5-16(17)25)21(14-9-11-15(24)12-10-14)22-18(26-13)7-4-8-19(22)28/h2-3,5-6,9-12,21,26H,4,7-8H2,1H3,(H,27,29)/t21-/m1/s1. The summed E-state index contributed by atoms with van der Waals surface area (Å²) in [7, 11) is 0. The number of dihydropyridines is 1. The second-order valence-electron chi connectivity index (χ2n) is 7.25. The van der Waals surface area contributed by atoms with E-state index in [0.29, 0.717) is 23.3 Å². The lowest BCUT2D eigenvalue weighted by atomic mass is 9.75. The van der Waals surface area contributed by atoms with Crippen LogP contribution in [0.15, 0.2) is 75.5 Å². The van der Waals surface area contributed by atoms with Gasteiger partial charge in [0.25, 0.3) is 5.91 Å². The lowest BCUT2D eigenvalue weighted by Gasteiger charge is -2.34. The Bertz CT molecular complexity index is 1060. The molecule has 0 radical (unpaired) electrons. The van der Waals surface area contributed by atoms with Gasteiger partial charge in [0.2, 0.25) is 0 Å². The van der Waals surface area contributed by atoms with E-state index in [1.807, 2.05) is 31.2 Å². The van der Waals surface area contributed by atoms with Crippen LogP contribution in [-0.4, -0.2) is 11.7 Å². The van der Waals surface area contributed by atoms with Gasteiger partial charge < -0.3 is 10.6 Å². The summed E-state index contributed by atoms with van der Waals surface area (Å²) in [4.78, 5) is 26.1. The van der Waals surface area contributed by atoms with E-state index in [0.717, 1.165) is 28.6 Å². The van der Waals surface area contributed by atoms with Gasteiger partial charge in [-0.3, -0.25) is 9.59 Å². The van der Waals surface area contributed by atoms with Gasteiger partial charge in [0.05, 0.1) is 5.69 Å². The molecular weight excluding hydrogens is 435 g/mol. The lowest BCUT2D eigenvalue weighted by molar-refractivity contribution is -0.116. The van der Waals surface area contributed by atoms with Crippen LogP contribution in [0.1, 0.15) is 37.7 Å². The Morgan fingerprint density at radius 3 is 2.59 bits per heavy atom. The van der Waals surface area contributed by atoms with Gasteiger partial charge in [0.1, 0.15) is 5.82 Å². The Morgan fingerprint density at radius 2 is 1.86 bits per heavy atom. The first-order valence-corrected chi connectivity index (χ1v) is 10.3. The van der Waals surface area contributed by atoms with Gasteiger partial charge in [-0.05, 0) is 49.6 Å². The number of rotatable bonds is 3. The van der Waals surface area contributed by atoms with Crippen molar-refractivity contribution in [3.63, 3.8) is 0 Å². The fourth-order valence-electron chi connectivity index (χ4n) is 4.03. The molecule has 2 aromatic carbocycles. The summed E-state index contributed by atoms with van der Waals surface area (Å²) in [5, 5.41) is 5.94. The molecule has 1 atom stereocenters. The zero-order chi connectivity index (χ0) is 20.5. The number of anilines is 1. The molecule has 1 heterocycles. The molecule has 2 aromatic rings. The molecule has 1 aliphatic heterocycles. The van der Waals surface area contributed by atoms with Gasteiger partial charge in [0.15, 0.2) is 5.78 Å². The number of hydrogen-bond donors (Lipinski definition) is 2. The van der Waals surface area contributed by atoms with Crippen molar-refractivity contribution in [3.8, 4) is 0 Å². The number of allylic oxidation sites excluding steroid dienone is 3. The Labute approximate surface area is 177 Å². The zero-order valence-electron chi connectivity index (χ0n) is 15.9. The molecule has 0 aromatic heterocycles. The number of halogens is 2. The van der Waals surface area contributed by atoms with E-state index in [9.17, 15) is 14.0 Å². The Kier molecular flexibility index (Phi) is 5.37. The van der Waals surface area contributed by atoms with E-state index in [1.165, 1.54) is 12.1 Å². The maximum absolute atomic E-state index is 14.1. The summed E-state index contributed by atoms with van der Waals surface area (Å²) < 4.78 is 15.0.